The molecule has 0 radical (unpaired) electrons. The van der Waals surface area contributed by atoms with Gasteiger partial charge in [-0.1, -0.05) is 17.7 Å². The van der Waals surface area contributed by atoms with Gasteiger partial charge in [0, 0.05) is 17.8 Å². The van der Waals surface area contributed by atoms with E-state index in [2.05, 4.69) is 5.32 Å². The van der Waals surface area contributed by atoms with Crippen molar-refractivity contribution in [2.45, 2.75) is 6.92 Å². The van der Waals surface area contributed by atoms with Gasteiger partial charge in [0.15, 0.2) is 0 Å². The second-order valence-electron chi connectivity index (χ2n) is 2.21. The van der Waals surface area contributed by atoms with Gasteiger partial charge in [-0.3, -0.25) is 0 Å². The summed E-state index contributed by atoms with van der Waals surface area (Å²) < 4.78 is 0. The first-order chi connectivity index (χ1) is 4.74. The Kier molecular flexibility index (Phi) is 2.17. The predicted octanol–water partition coefficient (Wildman–Crippen LogP) is 2.69. The maximum Gasteiger partial charge on any atom is 0.0455 e. The minimum Gasteiger partial charge on any atom is -0.388 e. The highest BCUT2D eigenvalue weighted by Gasteiger charge is 1.93. The summed E-state index contributed by atoms with van der Waals surface area (Å²) in [5, 5.41) is 3.82. The summed E-state index contributed by atoms with van der Waals surface area (Å²) >= 11 is 5.85. The Bertz CT molecular complexity index is 233. The van der Waals surface area contributed by atoms with Crippen molar-refractivity contribution in [1.82, 2.24) is 0 Å². The summed E-state index contributed by atoms with van der Waals surface area (Å²) in [7, 11) is 1.88. The Morgan fingerprint density at radius 1 is 1.40 bits per heavy atom. The number of hydrogen-bond acceptors (Lipinski definition) is 1. The van der Waals surface area contributed by atoms with Gasteiger partial charge in [-0.25, -0.2) is 0 Å². The standard InChI is InChI=1S/C8H10ClN/c1-6-3-4-7(10-2)5-8(6)9/h3-5,10H,1-2H3. The molecule has 0 atom stereocenters. The lowest BCUT2D eigenvalue weighted by Gasteiger charge is -2.01. The number of hydrogen-bond donors (Lipinski definition) is 1. The highest BCUT2D eigenvalue weighted by atomic mass is 35.5. The first-order valence-electron chi connectivity index (χ1n) is 3.18. The van der Waals surface area contributed by atoms with E-state index in [9.17, 15) is 0 Å². The van der Waals surface area contributed by atoms with Crippen molar-refractivity contribution in [3.8, 4) is 0 Å². The van der Waals surface area contributed by atoms with Crippen LogP contribution in [-0.2, 0) is 0 Å². The second kappa shape index (κ2) is 2.93. The third kappa shape index (κ3) is 1.42. The summed E-state index contributed by atoms with van der Waals surface area (Å²) in [5.41, 5.74) is 2.16. The van der Waals surface area contributed by atoms with Crippen molar-refractivity contribution in [3.63, 3.8) is 0 Å². The van der Waals surface area contributed by atoms with Crippen LogP contribution in [0.3, 0.4) is 0 Å². The molecule has 0 bridgehead atoms. The molecule has 0 aliphatic carbocycles. The summed E-state index contributed by atoms with van der Waals surface area (Å²) in [6, 6.07) is 5.91. The van der Waals surface area contributed by atoms with Crippen LogP contribution in [0, 0.1) is 6.92 Å². The van der Waals surface area contributed by atoms with E-state index in [4.69, 9.17) is 11.6 Å². The molecular weight excluding hydrogens is 146 g/mol. The molecule has 0 saturated carbocycles. The van der Waals surface area contributed by atoms with E-state index in [0.29, 0.717) is 0 Å². The molecule has 0 heterocycles. The zero-order valence-electron chi connectivity index (χ0n) is 6.11. The van der Waals surface area contributed by atoms with Crippen LogP contribution >= 0.6 is 11.6 Å². The van der Waals surface area contributed by atoms with E-state index in [1.165, 1.54) is 0 Å². The van der Waals surface area contributed by atoms with Gasteiger partial charge < -0.3 is 5.32 Å². The van der Waals surface area contributed by atoms with E-state index in [-0.39, 0.29) is 0 Å². The molecule has 1 nitrogen and oxygen atoms in total. The fourth-order valence-electron chi connectivity index (χ4n) is 0.748. The molecule has 10 heavy (non-hydrogen) atoms. The molecular formula is C8H10ClN. The predicted molar refractivity (Wildman–Crippen MR) is 45.7 cm³/mol. The zero-order chi connectivity index (χ0) is 7.56. The minimum absolute atomic E-state index is 0.812. The highest BCUT2D eigenvalue weighted by molar-refractivity contribution is 6.31. The van der Waals surface area contributed by atoms with Gasteiger partial charge in [0.25, 0.3) is 0 Å². The van der Waals surface area contributed by atoms with Gasteiger partial charge in [0.2, 0.25) is 0 Å². The van der Waals surface area contributed by atoms with Crippen molar-refractivity contribution in [2.75, 3.05) is 12.4 Å². The van der Waals surface area contributed by atoms with Crippen molar-refractivity contribution in [3.05, 3.63) is 28.8 Å². The summed E-state index contributed by atoms with van der Waals surface area (Å²) in [4.78, 5) is 0. The number of aryl methyl sites for hydroxylation is 1. The molecule has 0 amide bonds. The van der Waals surface area contributed by atoms with Crippen LogP contribution in [0.4, 0.5) is 5.69 Å². The molecule has 0 aliphatic heterocycles. The molecule has 0 aliphatic rings. The van der Waals surface area contributed by atoms with Crippen LogP contribution < -0.4 is 5.32 Å². The quantitative estimate of drug-likeness (QED) is 0.658. The lowest BCUT2D eigenvalue weighted by molar-refractivity contribution is 1.44. The summed E-state index contributed by atoms with van der Waals surface area (Å²) in [5.74, 6) is 0. The fourth-order valence-corrected chi connectivity index (χ4v) is 0.929. The van der Waals surface area contributed by atoms with Gasteiger partial charge in [-0.05, 0) is 24.6 Å². The summed E-state index contributed by atoms with van der Waals surface area (Å²) in [6.07, 6.45) is 0. The average molecular weight is 156 g/mol. The lowest BCUT2D eigenvalue weighted by Crippen LogP contribution is -1.87. The Morgan fingerprint density at radius 3 is 2.60 bits per heavy atom. The maximum atomic E-state index is 5.85. The topological polar surface area (TPSA) is 12.0 Å². The third-order valence-corrected chi connectivity index (χ3v) is 1.87. The molecule has 1 rings (SSSR count). The maximum absolute atomic E-state index is 5.85. The van der Waals surface area contributed by atoms with Gasteiger partial charge in [0.1, 0.15) is 0 Å². The average Bonchev–Trinajstić information content (AvgIpc) is 1.95. The van der Waals surface area contributed by atoms with Gasteiger partial charge in [-0.15, -0.1) is 0 Å². The Hall–Kier alpha value is -0.690. The van der Waals surface area contributed by atoms with Crippen LogP contribution in [0.2, 0.25) is 5.02 Å². The largest absolute Gasteiger partial charge is 0.388 e. The van der Waals surface area contributed by atoms with E-state index >= 15 is 0 Å². The molecule has 0 fully saturated rings. The molecule has 1 aromatic carbocycles. The smallest absolute Gasteiger partial charge is 0.0455 e. The molecule has 54 valence electrons. The highest BCUT2D eigenvalue weighted by Crippen LogP contribution is 2.18. The van der Waals surface area contributed by atoms with E-state index in [0.717, 1.165) is 16.3 Å². The number of anilines is 1. The molecule has 0 saturated heterocycles. The van der Waals surface area contributed by atoms with E-state index in [1.54, 1.807) is 0 Å². The van der Waals surface area contributed by atoms with Gasteiger partial charge in [0.05, 0.1) is 0 Å². The zero-order valence-corrected chi connectivity index (χ0v) is 6.87. The second-order valence-corrected chi connectivity index (χ2v) is 2.62. The SMILES string of the molecule is CNc1ccc(C)c(Cl)c1. The first-order valence-corrected chi connectivity index (χ1v) is 3.55. The number of halogens is 1. The van der Waals surface area contributed by atoms with E-state index < -0.39 is 0 Å². The van der Waals surface area contributed by atoms with Crippen molar-refractivity contribution in [1.29, 1.82) is 0 Å². The van der Waals surface area contributed by atoms with Gasteiger partial charge in [-0.2, -0.15) is 0 Å². The molecule has 0 unspecified atom stereocenters. The van der Waals surface area contributed by atoms with E-state index in [1.807, 2.05) is 32.2 Å². The monoisotopic (exact) mass is 155 g/mol. The molecule has 1 aromatic rings. The molecule has 1 N–H and O–H groups in total. The van der Waals surface area contributed by atoms with Crippen LogP contribution in [0.1, 0.15) is 5.56 Å². The van der Waals surface area contributed by atoms with Crippen molar-refractivity contribution in [2.24, 2.45) is 0 Å². The third-order valence-electron chi connectivity index (χ3n) is 1.46. The lowest BCUT2D eigenvalue weighted by atomic mass is 10.2. The Balaban J connectivity index is 3.04. The molecule has 0 spiro atoms. The molecule has 0 aromatic heterocycles. The van der Waals surface area contributed by atoms with Crippen molar-refractivity contribution < 1.29 is 0 Å². The fraction of sp³-hybridized carbons (Fsp3) is 0.250. The van der Waals surface area contributed by atoms with Crippen molar-refractivity contribution >= 4 is 17.3 Å². The van der Waals surface area contributed by atoms with Crippen LogP contribution in [-0.4, -0.2) is 7.05 Å². The number of nitrogens with one attached hydrogen (secondary N) is 1. The Labute approximate surface area is 66.0 Å². The normalized spacial score (nSPS) is 9.50. The van der Waals surface area contributed by atoms with Gasteiger partial charge >= 0.3 is 0 Å². The minimum atomic E-state index is 0.812. The first kappa shape index (κ1) is 7.42. The number of rotatable bonds is 1. The molecule has 2 heteroatoms. The van der Waals surface area contributed by atoms with Crippen LogP contribution in [0.15, 0.2) is 18.2 Å². The summed E-state index contributed by atoms with van der Waals surface area (Å²) in [6.45, 7) is 1.99. The van der Waals surface area contributed by atoms with Crippen LogP contribution in [0.5, 0.6) is 0 Å². The Morgan fingerprint density at radius 2 is 2.10 bits per heavy atom. The van der Waals surface area contributed by atoms with Crippen LogP contribution in [0.25, 0.3) is 0 Å². The number of benzene rings is 1.